The summed E-state index contributed by atoms with van der Waals surface area (Å²) in [6.07, 6.45) is 0. The van der Waals surface area contributed by atoms with Gasteiger partial charge in [0, 0.05) is 19.1 Å². The Morgan fingerprint density at radius 1 is 0.950 bits per heavy atom. The number of hydrogen-bond donors (Lipinski definition) is 0. The lowest BCUT2D eigenvalue weighted by Gasteiger charge is -2.19. The molecule has 0 bridgehead atoms. The Labute approximate surface area is 122 Å². The summed E-state index contributed by atoms with van der Waals surface area (Å²) < 4.78 is 0. The van der Waals surface area contributed by atoms with E-state index in [0.717, 1.165) is 6.54 Å². The molecule has 1 nitrogen and oxygen atoms in total. The first kappa shape index (κ1) is 13.4. The fourth-order valence-corrected chi connectivity index (χ4v) is 2.69. The van der Waals surface area contributed by atoms with E-state index >= 15 is 0 Å². The smallest absolute Gasteiger partial charge is 0.0479 e. The van der Waals surface area contributed by atoms with Crippen molar-refractivity contribution < 1.29 is 0 Å². The van der Waals surface area contributed by atoms with Crippen LogP contribution in [0, 0.1) is 0 Å². The Morgan fingerprint density at radius 2 is 1.60 bits per heavy atom. The van der Waals surface area contributed by atoms with Crippen molar-refractivity contribution in [2.45, 2.75) is 38.8 Å². The van der Waals surface area contributed by atoms with E-state index in [1.807, 2.05) is 0 Å². The summed E-state index contributed by atoms with van der Waals surface area (Å²) >= 11 is 0. The van der Waals surface area contributed by atoms with Crippen molar-refractivity contribution >= 4 is 0 Å². The van der Waals surface area contributed by atoms with Crippen LogP contribution in [0.5, 0.6) is 0 Å². The average Bonchev–Trinajstić information content (AvgIpc) is 3.18. The molecule has 0 aromatic heterocycles. The SMILES string of the molecule is CC(C)(C)c1ccc(C2CN2Cc2ccccc2)cc1. The van der Waals surface area contributed by atoms with Crippen molar-refractivity contribution in [2.75, 3.05) is 6.54 Å². The molecule has 0 amide bonds. The molecule has 0 N–H and O–H groups in total. The monoisotopic (exact) mass is 265 g/mol. The Hall–Kier alpha value is -1.60. The standard InChI is InChI=1S/C19H23N/c1-19(2,3)17-11-9-16(10-12-17)18-14-20(18)13-15-7-5-4-6-8-15/h4-12,18H,13-14H2,1-3H3. The van der Waals surface area contributed by atoms with Crippen LogP contribution in [0.3, 0.4) is 0 Å². The van der Waals surface area contributed by atoms with Crippen molar-refractivity contribution in [3.8, 4) is 0 Å². The summed E-state index contributed by atoms with van der Waals surface area (Å²) in [6, 6.07) is 20.5. The molecule has 1 aliphatic heterocycles. The molecule has 1 fully saturated rings. The first-order chi connectivity index (χ1) is 9.54. The topological polar surface area (TPSA) is 3.01 Å². The van der Waals surface area contributed by atoms with Gasteiger partial charge in [0.15, 0.2) is 0 Å². The van der Waals surface area contributed by atoms with Gasteiger partial charge in [-0.05, 0) is 22.1 Å². The summed E-state index contributed by atoms with van der Waals surface area (Å²) in [5, 5.41) is 0. The fraction of sp³-hybridized carbons (Fsp3) is 0.368. The zero-order valence-corrected chi connectivity index (χ0v) is 12.6. The highest BCUT2D eigenvalue weighted by molar-refractivity contribution is 5.32. The highest BCUT2D eigenvalue weighted by atomic mass is 15.3. The molecule has 20 heavy (non-hydrogen) atoms. The lowest BCUT2D eigenvalue weighted by molar-refractivity contribution is 0.509. The van der Waals surface area contributed by atoms with E-state index in [9.17, 15) is 0 Å². The number of hydrogen-bond acceptors (Lipinski definition) is 1. The number of rotatable bonds is 3. The van der Waals surface area contributed by atoms with Crippen LogP contribution < -0.4 is 0 Å². The molecule has 1 aliphatic rings. The Kier molecular flexibility index (Phi) is 3.39. The van der Waals surface area contributed by atoms with Crippen LogP contribution in [0.25, 0.3) is 0 Å². The zero-order valence-electron chi connectivity index (χ0n) is 12.6. The van der Waals surface area contributed by atoms with Gasteiger partial charge < -0.3 is 0 Å². The van der Waals surface area contributed by atoms with Gasteiger partial charge in [-0.25, -0.2) is 0 Å². The highest BCUT2D eigenvalue weighted by Crippen LogP contribution is 2.37. The van der Waals surface area contributed by atoms with Crippen molar-refractivity contribution in [1.82, 2.24) is 4.90 Å². The van der Waals surface area contributed by atoms with Crippen molar-refractivity contribution in [2.24, 2.45) is 0 Å². The molecule has 1 heteroatoms. The van der Waals surface area contributed by atoms with Gasteiger partial charge in [0.1, 0.15) is 0 Å². The fourth-order valence-electron chi connectivity index (χ4n) is 2.69. The molecule has 0 spiro atoms. The maximum atomic E-state index is 2.52. The summed E-state index contributed by atoms with van der Waals surface area (Å²) in [4.78, 5) is 2.52. The van der Waals surface area contributed by atoms with Gasteiger partial charge in [0.05, 0.1) is 0 Å². The minimum Gasteiger partial charge on any atom is -0.289 e. The maximum absolute atomic E-state index is 2.52. The third-order valence-electron chi connectivity index (χ3n) is 4.10. The van der Waals surface area contributed by atoms with Crippen LogP contribution in [-0.2, 0) is 12.0 Å². The summed E-state index contributed by atoms with van der Waals surface area (Å²) in [5.74, 6) is 0. The van der Waals surface area contributed by atoms with E-state index in [1.54, 1.807) is 0 Å². The third-order valence-corrected chi connectivity index (χ3v) is 4.10. The highest BCUT2D eigenvalue weighted by Gasteiger charge is 2.34. The van der Waals surface area contributed by atoms with E-state index in [-0.39, 0.29) is 5.41 Å². The number of benzene rings is 2. The molecule has 0 radical (unpaired) electrons. The molecule has 1 heterocycles. The van der Waals surface area contributed by atoms with Gasteiger partial charge in [-0.3, -0.25) is 4.90 Å². The minimum absolute atomic E-state index is 0.242. The Bertz CT molecular complexity index is 563. The van der Waals surface area contributed by atoms with Crippen LogP contribution in [0.1, 0.15) is 43.5 Å². The Morgan fingerprint density at radius 3 is 2.20 bits per heavy atom. The minimum atomic E-state index is 0.242. The molecule has 1 saturated heterocycles. The van der Waals surface area contributed by atoms with E-state index < -0.39 is 0 Å². The molecular weight excluding hydrogens is 242 g/mol. The van der Waals surface area contributed by atoms with Gasteiger partial charge in [-0.2, -0.15) is 0 Å². The van der Waals surface area contributed by atoms with Crippen LogP contribution in [-0.4, -0.2) is 11.4 Å². The Balaban J connectivity index is 1.65. The van der Waals surface area contributed by atoms with Crippen molar-refractivity contribution in [3.63, 3.8) is 0 Å². The van der Waals surface area contributed by atoms with Crippen LogP contribution in [0.4, 0.5) is 0 Å². The second-order valence-corrected chi connectivity index (χ2v) is 6.80. The second kappa shape index (κ2) is 5.06. The molecule has 104 valence electrons. The van der Waals surface area contributed by atoms with Gasteiger partial charge in [-0.1, -0.05) is 75.4 Å². The molecule has 2 aromatic carbocycles. The second-order valence-electron chi connectivity index (χ2n) is 6.80. The van der Waals surface area contributed by atoms with E-state index in [1.165, 1.54) is 23.2 Å². The first-order valence-electron chi connectivity index (χ1n) is 7.42. The molecule has 3 rings (SSSR count). The summed E-state index contributed by atoms with van der Waals surface area (Å²) in [6.45, 7) is 9.04. The van der Waals surface area contributed by atoms with E-state index in [0.29, 0.717) is 6.04 Å². The molecule has 0 saturated carbocycles. The number of nitrogens with zero attached hydrogens (tertiary/aromatic N) is 1. The molecule has 2 unspecified atom stereocenters. The van der Waals surface area contributed by atoms with Crippen LogP contribution >= 0.6 is 0 Å². The van der Waals surface area contributed by atoms with Crippen molar-refractivity contribution in [3.05, 3.63) is 71.3 Å². The molecular formula is C19H23N. The molecule has 2 atom stereocenters. The van der Waals surface area contributed by atoms with Gasteiger partial charge in [-0.15, -0.1) is 0 Å². The van der Waals surface area contributed by atoms with Gasteiger partial charge >= 0.3 is 0 Å². The lowest BCUT2D eigenvalue weighted by Crippen LogP contribution is -2.10. The van der Waals surface area contributed by atoms with E-state index in [2.05, 4.69) is 80.3 Å². The van der Waals surface area contributed by atoms with Gasteiger partial charge in [0.25, 0.3) is 0 Å². The predicted molar refractivity (Wildman–Crippen MR) is 84.7 cm³/mol. The largest absolute Gasteiger partial charge is 0.289 e. The zero-order chi connectivity index (χ0) is 14.2. The normalized spacial score (nSPS) is 21.8. The maximum Gasteiger partial charge on any atom is 0.0479 e. The third kappa shape index (κ3) is 2.94. The quantitative estimate of drug-likeness (QED) is 0.736. The van der Waals surface area contributed by atoms with Gasteiger partial charge in [0.2, 0.25) is 0 Å². The summed E-state index contributed by atoms with van der Waals surface area (Å²) in [7, 11) is 0. The molecule has 2 aromatic rings. The predicted octanol–water partition coefficient (Wildman–Crippen LogP) is 4.54. The lowest BCUT2D eigenvalue weighted by atomic mass is 9.86. The van der Waals surface area contributed by atoms with Crippen molar-refractivity contribution in [1.29, 1.82) is 0 Å². The van der Waals surface area contributed by atoms with Crippen LogP contribution in [0.15, 0.2) is 54.6 Å². The first-order valence-corrected chi connectivity index (χ1v) is 7.42. The van der Waals surface area contributed by atoms with E-state index in [4.69, 9.17) is 0 Å². The summed E-state index contributed by atoms with van der Waals surface area (Å²) in [5.41, 5.74) is 4.51. The average molecular weight is 265 g/mol. The molecule has 0 aliphatic carbocycles. The van der Waals surface area contributed by atoms with Crippen LogP contribution in [0.2, 0.25) is 0 Å².